The lowest BCUT2D eigenvalue weighted by atomic mass is 9.83. The monoisotopic (exact) mass is 450 g/mol. The Balaban J connectivity index is 1.60. The highest BCUT2D eigenvalue weighted by atomic mass is 16.5. The maximum Gasteiger partial charge on any atom is 0.343 e. The van der Waals surface area contributed by atoms with Gasteiger partial charge < -0.3 is 18.9 Å². The molecule has 33 heavy (non-hydrogen) atoms. The van der Waals surface area contributed by atoms with Crippen LogP contribution in [0.3, 0.4) is 0 Å². The van der Waals surface area contributed by atoms with Crippen LogP contribution in [-0.2, 0) is 17.9 Å². The third kappa shape index (κ3) is 3.54. The van der Waals surface area contributed by atoms with Crippen LogP contribution in [-0.4, -0.2) is 40.0 Å². The van der Waals surface area contributed by atoms with Gasteiger partial charge in [-0.15, -0.1) is 0 Å². The molecule has 2 unspecified atom stereocenters. The van der Waals surface area contributed by atoms with Crippen molar-refractivity contribution >= 4 is 11.9 Å². The Morgan fingerprint density at radius 2 is 1.88 bits per heavy atom. The maximum atomic E-state index is 13.9. The highest BCUT2D eigenvalue weighted by Gasteiger charge is 2.58. The van der Waals surface area contributed by atoms with Gasteiger partial charge in [0.1, 0.15) is 12.2 Å². The summed E-state index contributed by atoms with van der Waals surface area (Å²) in [4.78, 5) is 41.8. The number of carbonyl (C=O) groups is 2. The van der Waals surface area contributed by atoms with Crippen molar-refractivity contribution in [2.75, 3.05) is 6.61 Å². The number of hydrogen-bond donors (Lipinski definition) is 0. The summed E-state index contributed by atoms with van der Waals surface area (Å²) in [6.45, 7) is 6.87. The third-order valence-electron chi connectivity index (χ3n) is 7.58. The molecule has 0 radical (unpaired) electrons. The molecule has 1 saturated carbocycles. The number of fused-ring (bicyclic) bond motifs is 3. The number of amides is 1. The second-order valence-electron chi connectivity index (χ2n) is 9.37. The molecule has 0 bridgehead atoms. The topological polar surface area (TPSA) is 77.8 Å². The summed E-state index contributed by atoms with van der Waals surface area (Å²) < 4.78 is 12.9. The second-order valence-corrected chi connectivity index (χ2v) is 9.37. The van der Waals surface area contributed by atoms with Crippen LogP contribution in [0.2, 0.25) is 0 Å². The van der Waals surface area contributed by atoms with E-state index in [-0.39, 0.29) is 48.2 Å². The summed E-state index contributed by atoms with van der Waals surface area (Å²) in [7, 11) is 0. The van der Waals surface area contributed by atoms with Crippen molar-refractivity contribution in [3.8, 4) is 5.75 Å². The molecule has 1 saturated heterocycles. The van der Waals surface area contributed by atoms with E-state index in [2.05, 4.69) is 13.8 Å². The number of aromatic nitrogens is 1. The summed E-state index contributed by atoms with van der Waals surface area (Å²) in [5.74, 6) is 0.620. The van der Waals surface area contributed by atoms with E-state index in [1.807, 2.05) is 35.2 Å². The number of nitrogens with zero attached hydrogens (tertiary/aromatic N) is 2. The Kier molecular flexibility index (Phi) is 5.51. The molecule has 1 aromatic carbocycles. The zero-order chi connectivity index (χ0) is 23.3. The predicted molar refractivity (Wildman–Crippen MR) is 122 cm³/mol. The molecule has 3 aliphatic rings. The Bertz CT molecular complexity index is 1140. The van der Waals surface area contributed by atoms with E-state index in [4.69, 9.17) is 9.47 Å². The number of esters is 1. The van der Waals surface area contributed by atoms with Gasteiger partial charge in [-0.1, -0.05) is 44.2 Å². The largest absolute Gasteiger partial charge is 0.483 e. The van der Waals surface area contributed by atoms with Crippen molar-refractivity contribution < 1.29 is 19.1 Å². The SMILES string of the molecule is CCOC(=O)c1cn2c(c(OCc3ccccc3)c1=O)C(=O)N1C(CC)[C@H]3C[C@H]3C(C)[C@@H]1C2. The van der Waals surface area contributed by atoms with E-state index < -0.39 is 11.4 Å². The van der Waals surface area contributed by atoms with Crippen LogP contribution in [0.5, 0.6) is 5.75 Å². The van der Waals surface area contributed by atoms with E-state index in [9.17, 15) is 14.4 Å². The molecule has 0 N–H and O–H groups in total. The van der Waals surface area contributed by atoms with Gasteiger partial charge in [0.25, 0.3) is 5.91 Å². The van der Waals surface area contributed by atoms with E-state index in [1.54, 1.807) is 11.5 Å². The van der Waals surface area contributed by atoms with E-state index in [1.165, 1.54) is 6.20 Å². The third-order valence-corrected chi connectivity index (χ3v) is 7.58. The van der Waals surface area contributed by atoms with Gasteiger partial charge >= 0.3 is 5.97 Å². The first kappa shape index (κ1) is 21.7. The first-order chi connectivity index (χ1) is 16.0. The van der Waals surface area contributed by atoms with E-state index >= 15 is 0 Å². The first-order valence-corrected chi connectivity index (χ1v) is 11.9. The van der Waals surface area contributed by atoms with Crippen molar-refractivity contribution in [1.29, 1.82) is 0 Å². The molecule has 1 amide bonds. The average molecular weight is 451 g/mol. The predicted octanol–water partition coefficient (Wildman–Crippen LogP) is 3.49. The number of carbonyl (C=O) groups excluding carboxylic acids is 2. The van der Waals surface area contributed by atoms with Crippen LogP contribution in [0.15, 0.2) is 41.3 Å². The molecule has 7 heteroatoms. The highest BCUT2D eigenvalue weighted by Crippen LogP contribution is 2.56. The van der Waals surface area contributed by atoms with Gasteiger partial charge in [-0.3, -0.25) is 9.59 Å². The van der Waals surface area contributed by atoms with Crippen LogP contribution in [0, 0.1) is 17.8 Å². The fourth-order valence-corrected chi connectivity index (χ4v) is 5.87. The van der Waals surface area contributed by atoms with Gasteiger partial charge in [-0.25, -0.2) is 4.79 Å². The van der Waals surface area contributed by atoms with Crippen LogP contribution in [0.25, 0.3) is 0 Å². The number of hydrogen-bond acceptors (Lipinski definition) is 5. The molecular formula is C26H30N2O5. The molecule has 5 rings (SSSR count). The Morgan fingerprint density at radius 1 is 1.12 bits per heavy atom. The normalized spacial score (nSPS) is 27.3. The first-order valence-electron chi connectivity index (χ1n) is 11.9. The molecule has 3 heterocycles. The minimum Gasteiger partial charge on any atom is -0.483 e. The summed E-state index contributed by atoms with van der Waals surface area (Å²) in [6, 6.07) is 9.68. The Morgan fingerprint density at radius 3 is 2.58 bits per heavy atom. The van der Waals surface area contributed by atoms with Crippen LogP contribution >= 0.6 is 0 Å². The van der Waals surface area contributed by atoms with Crippen LogP contribution in [0.4, 0.5) is 0 Å². The maximum absolute atomic E-state index is 13.9. The molecule has 1 aliphatic carbocycles. The molecule has 2 fully saturated rings. The second kappa shape index (κ2) is 8.36. The summed E-state index contributed by atoms with van der Waals surface area (Å²) in [6.07, 6.45) is 3.54. The molecule has 2 aliphatic heterocycles. The zero-order valence-electron chi connectivity index (χ0n) is 19.3. The summed E-state index contributed by atoms with van der Waals surface area (Å²) in [5.41, 5.74) is 0.428. The molecule has 0 spiro atoms. The van der Waals surface area contributed by atoms with Gasteiger partial charge in [0, 0.05) is 18.8 Å². The number of ether oxygens (including phenoxy) is 2. The van der Waals surface area contributed by atoms with Crippen molar-refractivity contribution in [2.24, 2.45) is 17.8 Å². The lowest BCUT2D eigenvalue weighted by Crippen LogP contribution is -2.59. The van der Waals surface area contributed by atoms with Gasteiger partial charge in [-0.05, 0) is 43.1 Å². The number of piperidine rings is 1. The fourth-order valence-electron chi connectivity index (χ4n) is 5.87. The van der Waals surface area contributed by atoms with Crippen molar-refractivity contribution in [1.82, 2.24) is 9.47 Å². The molecule has 7 nitrogen and oxygen atoms in total. The number of rotatable bonds is 6. The quantitative estimate of drug-likeness (QED) is 0.630. The number of pyridine rings is 1. The minimum absolute atomic E-state index is 0.0400. The van der Waals surface area contributed by atoms with Gasteiger partial charge in [0.15, 0.2) is 11.4 Å². The molecule has 2 aromatic rings. The summed E-state index contributed by atoms with van der Waals surface area (Å²) >= 11 is 0. The van der Waals surface area contributed by atoms with Crippen LogP contribution < -0.4 is 10.2 Å². The standard InChI is InChI=1S/C26H30N2O5/c1-4-20-18-11-17(18)15(3)21-13-27-12-19(26(31)32-5-2)23(29)24(22(27)25(30)28(20)21)33-14-16-9-7-6-8-10-16/h6-10,12,15,17-18,20-21H,4-5,11,13-14H2,1-3H3/t15?,17-,18-,20?,21-/m0/s1. The number of benzene rings is 1. The van der Waals surface area contributed by atoms with Crippen molar-refractivity contribution in [3.63, 3.8) is 0 Å². The Labute approximate surface area is 193 Å². The molecule has 1 aromatic heterocycles. The van der Waals surface area contributed by atoms with Crippen molar-refractivity contribution in [2.45, 2.75) is 58.8 Å². The molecule has 5 atom stereocenters. The van der Waals surface area contributed by atoms with Crippen molar-refractivity contribution in [3.05, 3.63) is 63.6 Å². The summed E-state index contributed by atoms with van der Waals surface area (Å²) in [5, 5.41) is 0. The van der Waals surface area contributed by atoms with E-state index in [0.717, 1.165) is 18.4 Å². The van der Waals surface area contributed by atoms with Gasteiger partial charge in [-0.2, -0.15) is 0 Å². The Hall–Kier alpha value is -3.09. The molecule has 174 valence electrons. The average Bonchev–Trinajstić information content (AvgIpc) is 3.61. The highest BCUT2D eigenvalue weighted by molar-refractivity contribution is 5.98. The zero-order valence-corrected chi connectivity index (χ0v) is 19.3. The van der Waals surface area contributed by atoms with Crippen LogP contribution in [0.1, 0.15) is 60.0 Å². The minimum atomic E-state index is -0.692. The van der Waals surface area contributed by atoms with Gasteiger partial charge in [0.05, 0.1) is 12.6 Å². The van der Waals surface area contributed by atoms with E-state index in [0.29, 0.717) is 24.3 Å². The van der Waals surface area contributed by atoms with Gasteiger partial charge in [0.2, 0.25) is 5.43 Å². The lowest BCUT2D eigenvalue weighted by Gasteiger charge is -2.48. The molecular weight excluding hydrogens is 420 g/mol. The smallest absolute Gasteiger partial charge is 0.343 e. The fraction of sp³-hybridized carbons (Fsp3) is 0.500. The lowest BCUT2D eigenvalue weighted by molar-refractivity contribution is 0.0105.